The number of carbonyl (C=O) groups excluding carboxylic acids is 2. The minimum Gasteiger partial charge on any atom is -0.365 e. The van der Waals surface area contributed by atoms with Crippen molar-refractivity contribution in [2.24, 2.45) is 0 Å². The summed E-state index contributed by atoms with van der Waals surface area (Å²) >= 11 is 0. The highest BCUT2D eigenvalue weighted by atomic mass is 19.1. The van der Waals surface area contributed by atoms with E-state index in [1.165, 1.54) is 12.1 Å². The molecule has 0 saturated carbocycles. The summed E-state index contributed by atoms with van der Waals surface area (Å²) in [5, 5.41) is 20.0. The first-order valence-electron chi connectivity index (χ1n) is 9.84. The van der Waals surface area contributed by atoms with Crippen LogP contribution in [-0.4, -0.2) is 23.5 Å². The molecule has 8 nitrogen and oxygen atoms in total. The van der Waals surface area contributed by atoms with Gasteiger partial charge in [-0.2, -0.15) is 5.26 Å². The van der Waals surface area contributed by atoms with E-state index in [1.54, 1.807) is 43.5 Å². The molecule has 0 atom stereocenters. The Morgan fingerprint density at radius 3 is 2.69 bits per heavy atom. The van der Waals surface area contributed by atoms with Gasteiger partial charge in [-0.3, -0.25) is 4.79 Å². The first-order valence-corrected chi connectivity index (χ1v) is 9.84. The summed E-state index contributed by atoms with van der Waals surface area (Å²) in [7, 11) is 0. The van der Waals surface area contributed by atoms with Gasteiger partial charge in [-0.1, -0.05) is 12.1 Å². The Hall–Kier alpha value is -4.45. The van der Waals surface area contributed by atoms with Gasteiger partial charge in [0.1, 0.15) is 17.7 Å². The number of rotatable bonds is 7. The number of nitrogens with zero attached hydrogens (tertiary/aromatic N) is 2. The summed E-state index contributed by atoms with van der Waals surface area (Å²) in [5.74, 6) is -0.515. The Labute approximate surface area is 184 Å². The average Bonchev–Trinajstić information content (AvgIpc) is 2.80. The summed E-state index contributed by atoms with van der Waals surface area (Å²) in [4.78, 5) is 28.8. The van der Waals surface area contributed by atoms with Crippen LogP contribution in [0.3, 0.4) is 0 Å². The number of hydrogen-bond acceptors (Lipinski definition) is 5. The number of urea groups is 1. The summed E-state index contributed by atoms with van der Waals surface area (Å²) in [6, 6.07) is 15.5. The second-order valence-electron chi connectivity index (χ2n) is 6.69. The maximum atomic E-state index is 13.7. The fraction of sp³-hybridized carbons (Fsp3) is 0.130. The maximum Gasteiger partial charge on any atom is 0.319 e. The molecular weight excluding hydrogens is 411 g/mol. The van der Waals surface area contributed by atoms with Crippen LogP contribution in [0.1, 0.15) is 28.4 Å². The first kappa shape index (κ1) is 22.2. The maximum absolute atomic E-state index is 13.7. The predicted octanol–water partition coefficient (Wildman–Crippen LogP) is 4.10. The van der Waals surface area contributed by atoms with Gasteiger partial charge in [-0.15, -0.1) is 0 Å². The molecule has 162 valence electrons. The third kappa shape index (κ3) is 5.79. The molecule has 0 saturated heterocycles. The first-order chi connectivity index (χ1) is 15.5. The number of pyridine rings is 1. The molecule has 0 spiro atoms. The van der Waals surface area contributed by atoms with Crippen molar-refractivity contribution in [1.82, 2.24) is 10.3 Å². The minimum atomic E-state index is -0.547. The lowest BCUT2D eigenvalue weighted by Crippen LogP contribution is -2.28. The average molecular weight is 432 g/mol. The second kappa shape index (κ2) is 10.5. The Morgan fingerprint density at radius 2 is 1.91 bits per heavy atom. The monoisotopic (exact) mass is 432 g/mol. The quantitative estimate of drug-likeness (QED) is 0.448. The largest absolute Gasteiger partial charge is 0.365 e. The van der Waals surface area contributed by atoms with Gasteiger partial charge in [0.15, 0.2) is 0 Å². The molecule has 3 rings (SSSR count). The van der Waals surface area contributed by atoms with Gasteiger partial charge in [-0.25, -0.2) is 14.2 Å². The standard InChI is InChI=1S/C23H21FN6O2/c1-2-26-23(32)30-20-12-18(24)8-9-19(20)29-22(31)16-6-3-5-15(11-16)14-28-21-17(13-25)7-4-10-27-21/h3-12H,2,14H2,1H3,(H,27,28)(H,29,31)(H2,26,30,32). The molecule has 0 bridgehead atoms. The number of benzene rings is 2. The number of amides is 3. The molecule has 9 heteroatoms. The van der Waals surface area contributed by atoms with Crippen molar-refractivity contribution in [3.05, 3.63) is 83.3 Å². The fourth-order valence-corrected chi connectivity index (χ4v) is 2.90. The molecule has 4 N–H and O–H groups in total. The number of aromatic nitrogens is 1. The van der Waals surface area contributed by atoms with Crippen LogP contribution in [0.4, 0.5) is 26.4 Å². The van der Waals surface area contributed by atoms with Crippen LogP contribution in [0.15, 0.2) is 60.8 Å². The highest BCUT2D eigenvalue weighted by Crippen LogP contribution is 2.24. The summed E-state index contributed by atoms with van der Waals surface area (Å²) < 4.78 is 13.7. The van der Waals surface area contributed by atoms with Crippen molar-refractivity contribution in [3.8, 4) is 6.07 Å². The summed E-state index contributed by atoms with van der Waals surface area (Å²) in [6.07, 6.45) is 1.59. The number of nitrogens with one attached hydrogen (secondary N) is 4. The smallest absolute Gasteiger partial charge is 0.319 e. The molecule has 0 unspecified atom stereocenters. The lowest BCUT2D eigenvalue weighted by molar-refractivity contribution is 0.102. The van der Waals surface area contributed by atoms with E-state index in [0.29, 0.717) is 30.0 Å². The third-order valence-corrected chi connectivity index (χ3v) is 4.39. The van der Waals surface area contributed by atoms with Crippen molar-refractivity contribution in [2.45, 2.75) is 13.5 Å². The molecule has 0 radical (unpaired) electrons. The fourth-order valence-electron chi connectivity index (χ4n) is 2.90. The molecule has 0 fully saturated rings. The van der Waals surface area contributed by atoms with E-state index in [4.69, 9.17) is 5.26 Å². The Balaban J connectivity index is 1.72. The number of carbonyl (C=O) groups is 2. The lowest BCUT2D eigenvalue weighted by Gasteiger charge is -2.13. The van der Waals surface area contributed by atoms with Crippen molar-refractivity contribution < 1.29 is 14.0 Å². The van der Waals surface area contributed by atoms with Crippen molar-refractivity contribution >= 4 is 29.1 Å². The highest BCUT2D eigenvalue weighted by Gasteiger charge is 2.13. The third-order valence-electron chi connectivity index (χ3n) is 4.39. The zero-order chi connectivity index (χ0) is 22.9. The zero-order valence-electron chi connectivity index (χ0n) is 17.3. The van der Waals surface area contributed by atoms with Crippen LogP contribution in [0, 0.1) is 17.1 Å². The van der Waals surface area contributed by atoms with Crippen LogP contribution < -0.4 is 21.3 Å². The van der Waals surface area contributed by atoms with E-state index >= 15 is 0 Å². The number of hydrogen-bond donors (Lipinski definition) is 4. The summed E-state index contributed by atoms with van der Waals surface area (Å²) in [6.45, 7) is 2.51. The summed E-state index contributed by atoms with van der Waals surface area (Å²) in [5.41, 5.74) is 2.00. The van der Waals surface area contributed by atoms with E-state index in [-0.39, 0.29) is 11.4 Å². The molecule has 0 aliphatic carbocycles. The van der Waals surface area contributed by atoms with Gasteiger partial charge in [-0.05, 0) is 55.0 Å². The Kier molecular flexibility index (Phi) is 7.33. The molecule has 0 aliphatic heterocycles. The van der Waals surface area contributed by atoms with E-state index in [0.717, 1.165) is 11.6 Å². The highest BCUT2D eigenvalue weighted by molar-refractivity contribution is 6.07. The molecular formula is C23H21FN6O2. The van der Waals surface area contributed by atoms with Gasteiger partial charge >= 0.3 is 6.03 Å². The van der Waals surface area contributed by atoms with Crippen LogP contribution in [0.2, 0.25) is 0 Å². The number of halogens is 1. The molecule has 1 heterocycles. The topological polar surface area (TPSA) is 119 Å². The van der Waals surface area contributed by atoms with E-state index in [2.05, 4.69) is 32.3 Å². The van der Waals surface area contributed by atoms with E-state index in [9.17, 15) is 14.0 Å². The van der Waals surface area contributed by atoms with Crippen molar-refractivity contribution in [2.75, 3.05) is 22.5 Å². The molecule has 2 aromatic carbocycles. The van der Waals surface area contributed by atoms with Crippen molar-refractivity contribution in [1.29, 1.82) is 5.26 Å². The molecule has 0 aliphatic rings. The zero-order valence-corrected chi connectivity index (χ0v) is 17.3. The van der Waals surface area contributed by atoms with Gasteiger partial charge in [0.05, 0.1) is 16.9 Å². The van der Waals surface area contributed by atoms with Crippen LogP contribution in [-0.2, 0) is 6.54 Å². The van der Waals surface area contributed by atoms with E-state index in [1.807, 2.05) is 6.07 Å². The van der Waals surface area contributed by atoms with Crippen LogP contribution >= 0.6 is 0 Å². The SMILES string of the molecule is CCNC(=O)Nc1cc(F)ccc1NC(=O)c1cccc(CNc2ncccc2C#N)c1. The number of anilines is 3. The van der Waals surface area contributed by atoms with Crippen LogP contribution in [0.5, 0.6) is 0 Å². The molecule has 3 aromatic rings. The molecule has 1 aromatic heterocycles. The Bertz CT molecular complexity index is 1180. The Morgan fingerprint density at radius 1 is 1.06 bits per heavy atom. The normalized spacial score (nSPS) is 10.0. The van der Waals surface area contributed by atoms with E-state index < -0.39 is 17.8 Å². The lowest BCUT2D eigenvalue weighted by atomic mass is 10.1. The van der Waals surface area contributed by atoms with Gasteiger partial charge < -0.3 is 21.3 Å². The minimum absolute atomic E-state index is 0.140. The van der Waals surface area contributed by atoms with Gasteiger partial charge in [0.2, 0.25) is 0 Å². The predicted molar refractivity (Wildman–Crippen MR) is 120 cm³/mol. The second-order valence-corrected chi connectivity index (χ2v) is 6.69. The van der Waals surface area contributed by atoms with Crippen molar-refractivity contribution in [3.63, 3.8) is 0 Å². The molecule has 32 heavy (non-hydrogen) atoms. The molecule has 3 amide bonds. The number of nitriles is 1. The van der Waals surface area contributed by atoms with Gasteiger partial charge in [0, 0.05) is 24.8 Å². The van der Waals surface area contributed by atoms with Gasteiger partial charge in [0.25, 0.3) is 5.91 Å². The van der Waals surface area contributed by atoms with Crippen LogP contribution in [0.25, 0.3) is 0 Å².